The van der Waals surface area contributed by atoms with Crippen LogP contribution in [0.1, 0.15) is 77.7 Å². The van der Waals surface area contributed by atoms with E-state index in [1.807, 2.05) is 6.20 Å². The smallest absolute Gasteiger partial charge is 0.255 e. The summed E-state index contributed by atoms with van der Waals surface area (Å²) >= 11 is 0. The summed E-state index contributed by atoms with van der Waals surface area (Å²) in [6.45, 7) is 18.2. The molecule has 2 aromatic rings. The van der Waals surface area contributed by atoms with E-state index in [-0.39, 0.29) is 5.56 Å². The van der Waals surface area contributed by atoms with Gasteiger partial charge in [-0.1, -0.05) is 48.5 Å². The fraction of sp³-hybridized carbons (Fsp3) is 0.696. The Balaban J connectivity index is 1.80. The van der Waals surface area contributed by atoms with Gasteiger partial charge in [0.05, 0.1) is 24.0 Å². The van der Waals surface area contributed by atoms with Gasteiger partial charge in [-0.05, 0) is 23.0 Å². The molecule has 1 aliphatic rings. The molecule has 0 atom stereocenters. The third kappa shape index (κ3) is 4.19. The Kier molecular flexibility index (Phi) is 7.02. The predicted molar refractivity (Wildman–Crippen MR) is 124 cm³/mol. The van der Waals surface area contributed by atoms with Crippen LogP contribution in [0, 0.1) is 0 Å². The highest BCUT2D eigenvalue weighted by Crippen LogP contribution is 2.40. The van der Waals surface area contributed by atoms with E-state index in [2.05, 4.69) is 63.3 Å². The van der Waals surface area contributed by atoms with E-state index in [0.29, 0.717) is 29.7 Å². The summed E-state index contributed by atoms with van der Waals surface area (Å²) in [5, 5.41) is 0. The minimum absolute atomic E-state index is 0.0113. The summed E-state index contributed by atoms with van der Waals surface area (Å²) in [7, 11) is -1.89. The fourth-order valence-electron chi connectivity index (χ4n) is 5.56. The molecule has 3 heterocycles. The first-order valence-electron chi connectivity index (χ1n) is 11.5. The molecular weight excluding hydrogens is 392 g/mol. The molecule has 1 N–H and O–H groups in total. The molecule has 166 valence electrons. The zero-order valence-corrected chi connectivity index (χ0v) is 20.7. The lowest BCUT2D eigenvalue weighted by Crippen LogP contribution is -2.56. The molecular formula is C23H38N4O2Si. The van der Waals surface area contributed by atoms with Crippen molar-refractivity contribution in [1.29, 1.82) is 0 Å². The lowest BCUT2D eigenvalue weighted by Gasteiger charge is -2.39. The summed E-state index contributed by atoms with van der Waals surface area (Å²) in [6, 6.07) is 0. The molecule has 2 aromatic heterocycles. The normalized spacial score (nSPS) is 15.4. The Morgan fingerprint density at radius 1 is 1.17 bits per heavy atom. The minimum Gasteiger partial charge on any atom is -0.449 e. The van der Waals surface area contributed by atoms with Gasteiger partial charge in [0.15, 0.2) is 13.6 Å². The minimum atomic E-state index is -1.89. The van der Waals surface area contributed by atoms with E-state index < -0.39 is 8.07 Å². The molecule has 0 saturated carbocycles. The number of aromatic amines is 1. The summed E-state index contributed by atoms with van der Waals surface area (Å²) in [5.41, 5.74) is 4.45. The van der Waals surface area contributed by atoms with Crippen LogP contribution in [0.15, 0.2) is 15.4 Å². The Hall–Kier alpha value is -1.73. The van der Waals surface area contributed by atoms with E-state index in [1.54, 1.807) is 0 Å². The van der Waals surface area contributed by atoms with E-state index >= 15 is 0 Å². The number of hydrogen-bond acceptors (Lipinski definition) is 5. The molecule has 0 spiro atoms. The van der Waals surface area contributed by atoms with Crippen molar-refractivity contribution in [3.63, 3.8) is 0 Å². The van der Waals surface area contributed by atoms with Crippen molar-refractivity contribution in [1.82, 2.24) is 19.9 Å². The second kappa shape index (κ2) is 9.18. The third-order valence-electron chi connectivity index (χ3n) is 6.85. The number of aryl methyl sites for hydroxylation is 1. The Labute approximate surface area is 181 Å². The molecule has 3 rings (SSSR count). The molecule has 6 nitrogen and oxygen atoms in total. The average Bonchev–Trinajstić information content (AvgIpc) is 3.10. The first-order chi connectivity index (χ1) is 14.2. The second-order valence-corrected chi connectivity index (χ2v) is 15.4. The van der Waals surface area contributed by atoms with Crippen LogP contribution in [-0.2, 0) is 25.9 Å². The maximum atomic E-state index is 12.6. The second-order valence-electron chi connectivity index (χ2n) is 9.68. The number of nitrogens with one attached hydrogen (secondary N) is 1. The summed E-state index contributed by atoms with van der Waals surface area (Å²) in [4.78, 5) is 27.3. The first-order valence-corrected chi connectivity index (χ1v) is 13.7. The largest absolute Gasteiger partial charge is 0.449 e. The molecule has 0 saturated heterocycles. The number of aromatic nitrogens is 3. The van der Waals surface area contributed by atoms with Gasteiger partial charge in [0.25, 0.3) is 5.56 Å². The van der Waals surface area contributed by atoms with Gasteiger partial charge < -0.3 is 9.40 Å². The number of nitrogens with zero attached hydrogens (tertiary/aromatic N) is 3. The Bertz CT molecular complexity index is 894. The average molecular weight is 431 g/mol. The van der Waals surface area contributed by atoms with Gasteiger partial charge in [-0.25, -0.2) is 9.97 Å². The van der Waals surface area contributed by atoms with Gasteiger partial charge >= 0.3 is 0 Å². The Morgan fingerprint density at radius 3 is 2.43 bits per heavy atom. The van der Waals surface area contributed by atoms with Gasteiger partial charge in [0.1, 0.15) is 11.6 Å². The molecule has 0 aromatic carbocycles. The zero-order chi connectivity index (χ0) is 22.1. The standard InChI is InChI=1S/C23H38N4O2Si/c1-8-9-21-25-20-10-11-27(14-19(20)22(28)26-21)13-18-12-24-23(29-18)30(15(2)3,16(4)5)17(6)7/h12,15-17H,8-11,13-14H2,1-7H3,(H,25,26,28). The lowest BCUT2D eigenvalue weighted by molar-refractivity contribution is 0.223. The van der Waals surface area contributed by atoms with Crippen LogP contribution in [0.5, 0.6) is 0 Å². The Morgan fingerprint density at radius 2 is 1.83 bits per heavy atom. The van der Waals surface area contributed by atoms with E-state index in [1.165, 1.54) is 0 Å². The van der Waals surface area contributed by atoms with Crippen molar-refractivity contribution in [2.75, 3.05) is 6.54 Å². The number of H-pyrrole nitrogens is 1. The molecule has 0 fully saturated rings. The summed E-state index contributed by atoms with van der Waals surface area (Å²) in [6.07, 6.45) is 4.52. The molecule has 0 amide bonds. The van der Waals surface area contributed by atoms with Crippen LogP contribution in [0.3, 0.4) is 0 Å². The molecule has 0 bridgehead atoms. The van der Waals surface area contributed by atoms with Crippen LogP contribution in [-0.4, -0.2) is 34.5 Å². The number of fused-ring (bicyclic) bond motifs is 1. The highest BCUT2D eigenvalue weighted by atomic mass is 28.3. The SMILES string of the molecule is CCCc1nc2c(c(=O)[nH]1)CN(Cc1cnc([Si](C(C)C)(C(C)C)C(C)C)o1)CC2. The van der Waals surface area contributed by atoms with E-state index in [9.17, 15) is 4.79 Å². The molecule has 0 aliphatic carbocycles. The predicted octanol–water partition coefficient (Wildman–Crippen LogP) is 4.15. The lowest BCUT2D eigenvalue weighted by atomic mass is 10.1. The molecule has 0 radical (unpaired) electrons. The van der Waals surface area contributed by atoms with Crippen molar-refractivity contribution in [3.8, 4) is 0 Å². The van der Waals surface area contributed by atoms with Crippen molar-refractivity contribution in [2.24, 2.45) is 0 Å². The quantitative estimate of drug-likeness (QED) is 0.637. The molecule has 1 aliphatic heterocycles. The van der Waals surface area contributed by atoms with Crippen molar-refractivity contribution in [3.05, 3.63) is 39.4 Å². The van der Waals surface area contributed by atoms with E-state index in [4.69, 9.17) is 9.40 Å². The van der Waals surface area contributed by atoms with E-state index in [0.717, 1.165) is 54.2 Å². The van der Waals surface area contributed by atoms with Crippen molar-refractivity contribution < 1.29 is 4.42 Å². The monoisotopic (exact) mass is 430 g/mol. The number of oxazole rings is 1. The van der Waals surface area contributed by atoms with Crippen LogP contribution < -0.4 is 11.1 Å². The zero-order valence-electron chi connectivity index (χ0n) is 19.7. The van der Waals surface area contributed by atoms with Crippen LogP contribution in [0.25, 0.3) is 0 Å². The number of rotatable bonds is 8. The van der Waals surface area contributed by atoms with Crippen molar-refractivity contribution >= 4 is 13.6 Å². The van der Waals surface area contributed by atoms with Crippen LogP contribution >= 0.6 is 0 Å². The van der Waals surface area contributed by atoms with Crippen molar-refractivity contribution in [2.45, 2.75) is 97.4 Å². The molecule has 7 heteroatoms. The topological polar surface area (TPSA) is 75.0 Å². The summed E-state index contributed by atoms with van der Waals surface area (Å²) in [5.74, 6) is 1.71. The highest BCUT2D eigenvalue weighted by molar-refractivity contribution is 6.93. The van der Waals surface area contributed by atoms with Crippen LogP contribution in [0.4, 0.5) is 0 Å². The fourth-order valence-corrected chi connectivity index (χ4v) is 11.6. The summed E-state index contributed by atoms with van der Waals surface area (Å²) < 4.78 is 6.41. The van der Waals surface area contributed by atoms with Gasteiger partial charge in [-0.3, -0.25) is 9.69 Å². The highest BCUT2D eigenvalue weighted by Gasteiger charge is 2.49. The van der Waals surface area contributed by atoms with Crippen LogP contribution in [0.2, 0.25) is 16.6 Å². The van der Waals surface area contributed by atoms with Gasteiger partial charge in [-0.2, -0.15) is 0 Å². The molecule has 0 unspecified atom stereocenters. The van der Waals surface area contributed by atoms with Gasteiger partial charge in [-0.15, -0.1) is 0 Å². The maximum absolute atomic E-state index is 12.6. The maximum Gasteiger partial charge on any atom is 0.255 e. The van der Waals surface area contributed by atoms with Gasteiger partial charge in [0, 0.05) is 25.9 Å². The van der Waals surface area contributed by atoms with Gasteiger partial charge in [0.2, 0.25) is 0 Å². The molecule has 30 heavy (non-hydrogen) atoms. The first kappa shape index (κ1) is 22.9. The number of hydrogen-bond donors (Lipinski definition) is 1. The third-order valence-corrected chi connectivity index (χ3v) is 13.6.